The summed E-state index contributed by atoms with van der Waals surface area (Å²) in [5, 5.41) is 13.7. The van der Waals surface area contributed by atoms with Crippen molar-refractivity contribution < 1.29 is 17.9 Å². The average Bonchev–Trinajstić information content (AvgIpc) is 3.33. The van der Waals surface area contributed by atoms with Gasteiger partial charge in [-0.15, -0.1) is 24.5 Å². The number of piperazine rings is 1. The van der Waals surface area contributed by atoms with Crippen molar-refractivity contribution in [3.63, 3.8) is 0 Å². The van der Waals surface area contributed by atoms with E-state index in [1.54, 1.807) is 18.5 Å². The standard InChI is InChI=1S/C24H26F3N7OS/c1-16(30-14-17-7-8-29-21(13-17)34-11-9-33(2)10-12-34)31-22(28)23-32-20(15-36-23)18-3-5-19(6-4-18)35-24(25,26)27/h3-8,13,15H,9-12,14H2,1-2H3,(H2,28,30,31). The molecule has 12 heteroatoms. The highest BCUT2D eigenvalue weighted by Crippen LogP contribution is 2.27. The Morgan fingerprint density at radius 2 is 1.89 bits per heavy atom. The van der Waals surface area contributed by atoms with Crippen molar-refractivity contribution in [3.05, 3.63) is 58.5 Å². The zero-order chi connectivity index (χ0) is 25.7. The van der Waals surface area contributed by atoms with Crippen LogP contribution < -0.4 is 15.0 Å². The van der Waals surface area contributed by atoms with E-state index in [2.05, 4.69) is 47.9 Å². The number of pyridine rings is 1. The van der Waals surface area contributed by atoms with Crippen LogP contribution in [0.1, 0.15) is 17.5 Å². The maximum Gasteiger partial charge on any atom is 0.573 e. The molecule has 1 aliphatic heterocycles. The number of likely N-dealkylation sites (N-methyl/N-ethyl adjacent to an activating group) is 1. The fourth-order valence-corrected chi connectivity index (χ4v) is 4.33. The van der Waals surface area contributed by atoms with Gasteiger partial charge in [0.15, 0.2) is 10.8 Å². The smallest absolute Gasteiger partial charge is 0.406 e. The number of anilines is 1. The van der Waals surface area contributed by atoms with Crippen molar-refractivity contribution in [2.24, 2.45) is 4.99 Å². The number of nitrogens with one attached hydrogen (secondary N) is 2. The summed E-state index contributed by atoms with van der Waals surface area (Å²) in [6.07, 6.45) is -2.93. The number of aliphatic imine (C=N–C) groups is 1. The molecule has 0 atom stereocenters. The molecule has 190 valence electrons. The minimum Gasteiger partial charge on any atom is -0.406 e. The first-order valence-electron chi connectivity index (χ1n) is 11.2. The molecule has 4 rings (SSSR count). The molecule has 0 aliphatic carbocycles. The molecule has 0 spiro atoms. The molecule has 1 saturated heterocycles. The molecule has 0 saturated carbocycles. The lowest BCUT2D eigenvalue weighted by Gasteiger charge is -2.33. The molecule has 8 nitrogen and oxygen atoms in total. The van der Waals surface area contributed by atoms with E-state index in [1.165, 1.54) is 35.6 Å². The highest BCUT2D eigenvalue weighted by molar-refractivity contribution is 7.12. The van der Waals surface area contributed by atoms with E-state index in [9.17, 15) is 13.2 Å². The van der Waals surface area contributed by atoms with Crippen LogP contribution in [0.2, 0.25) is 0 Å². The summed E-state index contributed by atoms with van der Waals surface area (Å²) in [7, 11) is 2.12. The molecule has 2 aromatic heterocycles. The van der Waals surface area contributed by atoms with Gasteiger partial charge in [-0.2, -0.15) is 0 Å². The average molecular weight is 518 g/mol. The second kappa shape index (κ2) is 11.0. The SMILES string of the molecule is C/C(=N/C(=N)c1nc(-c2ccc(OC(F)(F)F)cc2)cs1)NCc1ccnc(N2CCN(C)CC2)c1. The van der Waals surface area contributed by atoms with Crippen LogP contribution in [0, 0.1) is 5.41 Å². The number of hydrogen-bond acceptors (Lipinski definition) is 7. The molecular formula is C24H26F3N7OS. The second-order valence-electron chi connectivity index (χ2n) is 8.32. The van der Waals surface area contributed by atoms with E-state index in [0.29, 0.717) is 28.6 Å². The van der Waals surface area contributed by atoms with Gasteiger partial charge >= 0.3 is 6.36 Å². The van der Waals surface area contributed by atoms with Crippen molar-refractivity contribution in [1.82, 2.24) is 20.2 Å². The van der Waals surface area contributed by atoms with Crippen molar-refractivity contribution in [2.75, 3.05) is 38.1 Å². The van der Waals surface area contributed by atoms with E-state index >= 15 is 0 Å². The lowest BCUT2D eigenvalue weighted by molar-refractivity contribution is -0.274. The molecule has 36 heavy (non-hydrogen) atoms. The highest BCUT2D eigenvalue weighted by atomic mass is 32.1. The fraction of sp³-hybridized carbons (Fsp3) is 0.333. The van der Waals surface area contributed by atoms with Crippen LogP contribution in [0.25, 0.3) is 11.3 Å². The monoisotopic (exact) mass is 517 g/mol. The largest absolute Gasteiger partial charge is 0.573 e. The van der Waals surface area contributed by atoms with E-state index in [1.807, 2.05) is 6.07 Å². The van der Waals surface area contributed by atoms with E-state index in [0.717, 1.165) is 37.6 Å². The van der Waals surface area contributed by atoms with Gasteiger partial charge in [0, 0.05) is 49.9 Å². The second-order valence-corrected chi connectivity index (χ2v) is 9.18. The summed E-state index contributed by atoms with van der Waals surface area (Å²) in [5.41, 5.74) is 2.23. The number of halogens is 3. The maximum absolute atomic E-state index is 12.3. The summed E-state index contributed by atoms with van der Waals surface area (Å²) in [5.74, 6) is 1.23. The number of aromatic nitrogens is 2. The zero-order valence-corrected chi connectivity index (χ0v) is 20.7. The topological polar surface area (TPSA) is 89.7 Å². The summed E-state index contributed by atoms with van der Waals surface area (Å²) >= 11 is 1.24. The third-order valence-electron chi connectivity index (χ3n) is 5.56. The Hall–Kier alpha value is -3.51. The number of nitrogens with zero attached hydrogens (tertiary/aromatic N) is 5. The van der Waals surface area contributed by atoms with Crippen LogP contribution in [0.4, 0.5) is 19.0 Å². The summed E-state index contributed by atoms with van der Waals surface area (Å²) in [6.45, 7) is 6.23. The molecule has 0 unspecified atom stereocenters. The first kappa shape index (κ1) is 25.6. The lowest BCUT2D eigenvalue weighted by atomic mass is 10.2. The first-order valence-corrected chi connectivity index (χ1v) is 12.1. The predicted molar refractivity (Wildman–Crippen MR) is 135 cm³/mol. The number of amidine groups is 2. The zero-order valence-electron chi connectivity index (χ0n) is 19.8. The van der Waals surface area contributed by atoms with Crippen molar-refractivity contribution in [1.29, 1.82) is 5.41 Å². The Labute approximate surface area is 211 Å². The Kier molecular flexibility index (Phi) is 7.85. The molecule has 2 N–H and O–H groups in total. The van der Waals surface area contributed by atoms with Crippen LogP contribution in [0.5, 0.6) is 5.75 Å². The van der Waals surface area contributed by atoms with Gasteiger partial charge in [0.2, 0.25) is 0 Å². The molecular weight excluding hydrogens is 491 g/mol. The molecule has 3 aromatic rings. The van der Waals surface area contributed by atoms with Crippen LogP contribution in [0.15, 0.2) is 53.0 Å². The predicted octanol–water partition coefficient (Wildman–Crippen LogP) is 4.39. The Morgan fingerprint density at radius 1 is 1.17 bits per heavy atom. The van der Waals surface area contributed by atoms with Crippen molar-refractivity contribution >= 4 is 28.8 Å². The third-order valence-corrected chi connectivity index (χ3v) is 6.40. The first-order chi connectivity index (χ1) is 17.2. The van der Waals surface area contributed by atoms with E-state index in [-0.39, 0.29) is 11.6 Å². The van der Waals surface area contributed by atoms with Crippen LogP contribution in [0.3, 0.4) is 0 Å². The molecule has 1 aliphatic rings. The minimum absolute atomic E-state index is 0.00105. The van der Waals surface area contributed by atoms with Gasteiger partial charge in [-0.3, -0.25) is 5.41 Å². The number of alkyl halides is 3. The lowest BCUT2D eigenvalue weighted by Crippen LogP contribution is -2.44. The summed E-state index contributed by atoms with van der Waals surface area (Å²) < 4.78 is 40.9. The number of benzene rings is 1. The normalized spacial score (nSPS) is 15.1. The van der Waals surface area contributed by atoms with E-state index < -0.39 is 6.36 Å². The van der Waals surface area contributed by atoms with Crippen LogP contribution in [-0.2, 0) is 6.54 Å². The molecule has 1 aromatic carbocycles. The van der Waals surface area contributed by atoms with Gasteiger partial charge in [0.05, 0.1) is 5.69 Å². The molecule has 1 fully saturated rings. The molecule has 3 heterocycles. The number of rotatable bonds is 6. The fourth-order valence-electron chi connectivity index (χ4n) is 3.61. The Morgan fingerprint density at radius 3 is 2.58 bits per heavy atom. The number of hydrogen-bond donors (Lipinski definition) is 2. The molecule has 0 radical (unpaired) electrons. The third kappa shape index (κ3) is 7.01. The van der Waals surface area contributed by atoms with Gasteiger partial charge < -0.3 is 19.9 Å². The van der Waals surface area contributed by atoms with Crippen LogP contribution in [-0.4, -0.2) is 66.1 Å². The quantitative estimate of drug-likeness (QED) is 0.373. The Balaban J connectivity index is 1.34. The highest BCUT2D eigenvalue weighted by Gasteiger charge is 2.31. The van der Waals surface area contributed by atoms with Gasteiger partial charge in [-0.1, -0.05) is 0 Å². The van der Waals surface area contributed by atoms with Crippen LogP contribution >= 0.6 is 11.3 Å². The number of ether oxygens (including phenoxy) is 1. The van der Waals surface area contributed by atoms with Gasteiger partial charge in [-0.25, -0.2) is 15.0 Å². The van der Waals surface area contributed by atoms with Gasteiger partial charge in [-0.05, 0) is 55.9 Å². The summed E-state index contributed by atoms with van der Waals surface area (Å²) in [4.78, 5) is 17.8. The number of thiazole rings is 1. The maximum atomic E-state index is 12.3. The Bertz CT molecular complexity index is 1220. The minimum atomic E-state index is -4.74. The molecule has 0 bridgehead atoms. The van der Waals surface area contributed by atoms with E-state index in [4.69, 9.17) is 5.41 Å². The van der Waals surface area contributed by atoms with Crippen molar-refractivity contribution in [3.8, 4) is 17.0 Å². The van der Waals surface area contributed by atoms with Crippen molar-refractivity contribution in [2.45, 2.75) is 19.8 Å². The van der Waals surface area contributed by atoms with Gasteiger partial charge in [0.1, 0.15) is 17.4 Å². The summed E-state index contributed by atoms with van der Waals surface area (Å²) in [6, 6.07) is 9.45. The molecule has 0 amide bonds. The van der Waals surface area contributed by atoms with Gasteiger partial charge in [0.25, 0.3) is 0 Å².